The molecule has 3 rings (SSSR count). The maximum absolute atomic E-state index is 13.0. The molecule has 1 aliphatic rings. The first kappa shape index (κ1) is 16.7. The van der Waals surface area contributed by atoms with Crippen LogP contribution in [0.3, 0.4) is 0 Å². The average molecular weight is 341 g/mol. The Labute approximate surface area is 136 Å². The molecule has 6 nitrogen and oxygen atoms in total. The number of carbonyl (C=O) groups excluding carboxylic acids is 1. The fourth-order valence-corrected chi connectivity index (χ4v) is 3.00. The quantitative estimate of drug-likeness (QED) is 0.923. The Hall–Kier alpha value is -2.16. The van der Waals surface area contributed by atoms with E-state index < -0.39 is 11.7 Å². The molecule has 24 heavy (non-hydrogen) atoms. The molecule has 1 saturated heterocycles. The summed E-state index contributed by atoms with van der Waals surface area (Å²) in [5, 5.41) is 10.2. The third-order valence-corrected chi connectivity index (χ3v) is 4.23. The summed E-state index contributed by atoms with van der Waals surface area (Å²) in [7, 11) is 1.96. The van der Waals surface area contributed by atoms with Crippen LogP contribution in [-0.4, -0.2) is 45.5 Å². The van der Waals surface area contributed by atoms with E-state index in [-0.39, 0.29) is 29.8 Å². The van der Waals surface area contributed by atoms with Gasteiger partial charge in [-0.2, -0.15) is 13.2 Å². The van der Waals surface area contributed by atoms with Crippen LogP contribution in [0.25, 0.3) is 5.65 Å². The van der Waals surface area contributed by atoms with Crippen molar-refractivity contribution in [2.45, 2.75) is 25.6 Å². The molecule has 1 N–H and O–H groups in total. The molecule has 0 radical (unpaired) electrons. The van der Waals surface area contributed by atoms with E-state index in [9.17, 15) is 18.0 Å². The van der Waals surface area contributed by atoms with Crippen molar-refractivity contribution in [2.75, 3.05) is 20.1 Å². The van der Waals surface area contributed by atoms with E-state index in [1.807, 2.05) is 7.05 Å². The van der Waals surface area contributed by atoms with E-state index in [1.165, 1.54) is 16.7 Å². The van der Waals surface area contributed by atoms with Crippen molar-refractivity contribution in [3.8, 4) is 0 Å². The Bertz CT molecular complexity index is 742. The Morgan fingerprint density at radius 1 is 1.42 bits per heavy atom. The second kappa shape index (κ2) is 6.39. The predicted molar refractivity (Wildman–Crippen MR) is 80.1 cm³/mol. The number of halogens is 3. The first-order valence-corrected chi connectivity index (χ1v) is 7.72. The zero-order valence-electron chi connectivity index (χ0n) is 13.2. The van der Waals surface area contributed by atoms with Crippen molar-refractivity contribution < 1.29 is 18.0 Å². The molecule has 2 aromatic rings. The largest absolute Gasteiger partial charge is 0.420 e. The first-order chi connectivity index (χ1) is 11.4. The third kappa shape index (κ3) is 3.35. The highest BCUT2D eigenvalue weighted by Crippen LogP contribution is 2.31. The minimum atomic E-state index is -4.50. The van der Waals surface area contributed by atoms with Crippen LogP contribution in [0.4, 0.5) is 13.2 Å². The summed E-state index contributed by atoms with van der Waals surface area (Å²) in [4.78, 5) is 14.3. The van der Waals surface area contributed by atoms with Gasteiger partial charge >= 0.3 is 6.18 Å². The van der Waals surface area contributed by atoms with Crippen LogP contribution in [0, 0.1) is 5.92 Å². The number of carbonyl (C=O) groups is 1. The van der Waals surface area contributed by atoms with Crippen LogP contribution in [0.15, 0.2) is 18.3 Å². The Morgan fingerprint density at radius 2 is 2.21 bits per heavy atom. The molecule has 0 aliphatic carbocycles. The lowest BCUT2D eigenvalue weighted by Crippen LogP contribution is -2.41. The molecule has 0 saturated carbocycles. The van der Waals surface area contributed by atoms with Gasteiger partial charge in [-0.1, -0.05) is 0 Å². The van der Waals surface area contributed by atoms with Gasteiger partial charge in [0, 0.05) is 12.7 Å². The molecule has 3 heterocycles. The molecule has 2 aromatic heterocycles. The Balaban J connectivity index is 1.73. The minimum absolute atomic E-state index is 0.0432. The molecule has 1 amide bonds. The second-order valence-corrected chi connectivity index (χ2v) is 6.05. The minimum Gasteiger partial charge on any atom is -0.349 e. The van der Waals surface area contributed by atoms with E-state index >= 15 is 0 Å². The molecule has 0 aromatic carbocycles. The Kier molecular flexibility index (Phi) is 4.44. The zero-order valence-corrected chi connectivity index (χ0v) is 13.2. The number of pyridine rings is 1. The van der Waals surface area contributed by atoms with Crippen molar-refractivity contribution in [3.63, 3.8) is 0 Å². The van der Waals surface area contributed by atoms with E-state index in [0.29, 0.717) is 6.54 Å². The fraction of sp³-hybridized carbons (Fsp3) is 0.533. The van der Waals surface area contributed by atoms with Gasteiger partial charge in [-0.05, 0) is 38.6 Å². The summed E-state index contributed by atoms with van der Waals surface area (Å²) < 4.78 is 40.2. The van der Waals surface area contributed by atoms with Gasteiger partial charge in [0.2, 0.25) is 5.91 Å². The number of rotatable bonds is 3. The summed E-state index contributed by atoms with van der Waals surface area (Å²) in [6, 6.07) is 2.25. The topological polar surface area (TPSA) is 62.5 Å². The molecular weight excluding hydrogens is 323 g/mol. The first-order valence-electron chi connectivity index (χ1n) is 7.72. The maximum Gasteiger partial charge on any atom is 0.420 e. The molecule has 0 bridgehead atoms. The average Bonchev–Trinajstić information content (AvgIpc) is 2.94. The van der Waals surface area contributed by atoms with Gasteiger partial charge in [0.15, 0.2) is 11.5 Å². The van der Waals surface area contributed by atoms with Crippen LogP contribution in [-0.2, 0) is 17.5 Å². The number of piperidine rings is 1. The van der Waals surface area contributed by atoms with Crippen molar-refractivity contribution in [1.29, 1.82) is 0 Å². The third-order valence-electron chi connectivity index (χ3n) is 4.23. The number of hydrogen-bond acceptors (Lipinski definition) is 4. The number of nitrogens with one attached hydrogen (secondary N) is 1. The number of amides is 1. The summed E-state index contributed by atoms with van der Waals surface area (Å²) in [6.45, 7) is 1.70. The van der Waals surface area contributed by atoms with Crippen molar-refractivity contribution in [1.82, 2.24) is 24.8 Å². The number of fused-ring (bicyclic) bond motifs is 1. The summed E-state index contributed by atoms with van der Waals surface area (Å²) in [5.74, 6) is 0.0626. The molecule has 0 spiro atoms. The van der Waals surface area contributed by atoms with Gasteiger partial charge in [-0.15, -0.1) is 10.2 Å². The number of hydrogen-bond donors (Lipinski definition) is 1. The van der Waals surface area contributed by atoms with Crippen LogP contribution in [0.1, 0.15) is 24.2 Å². The monoisotopic (exact) mass is 341 g/mol. The predicted octanol–water partition coefficient (Wildman–Crippen LogP) is 1.71. The van der Waals surface area contributed by atoms with Crippen molar-refractivity contribution in [2.24, 2.45) is 5.92 Å². The van der Waals surface area contributed by atoms with Crippen LogP contribution in [0.2, 0.25) is 0 Å². The highest BCUT2D eigenvalue weighted by atomic mass is 19.4. The molecule has 1 fully saturated rings. The van der Waals surface area contributed by atoms with E-state index in [2.05, 4.69) is 20.4 Å². The van der Waals surface area contributed by atoms with Gasteiger partial charge in [0.25, 0.3) is 0 Å². The highest BCUT2D eigenvalue weighted by molar-refractivity contribution is 5.78. The van der Waals surface area contributed by atoms with Gasteiger partial charge in [-0.25, -0.2) is 0 Å². The second-order valence-electron chi connectivity index (χ2n) is 6.05. The van der Waals surface area contributed by atoms with Crippen LogP contribution in [0.5, 0.6) is 0 Å². The summed E-state index contributed by atoms with van der Waals surface area (Å²) in [5.41, 5.74) is -1.10. The van der Waals surface area contributed by atoms with Crippen LogP contribution >= 0.6 is 0 Å². The molecule has 1 atom stereocenters. The lowest BCUT2D eigenvalue weighted by Gasteiger charge is -2.28. The molecule has 9 heteroatoms. The standard InChI is InChI=1S/C15H18F3N5O/c1-22-6-2-4-10(9-22)14(24)19-8-12-20-21-13-11(15(16,17)18)5-3-7-23(12)13/h3,5,7,10H,2,4,6,8-9H2,1H3,(H,19,24)/t10-/m1/s1. The smallest absolute Gasteiger partial charge is 0.349 e. The van der Waals surface area contributed by atoms with E-state index in [4.69, 9.17) is 0 Å². The van der Waals surface area contributed by atoms with E-state index in [0.717, 1.165) is 25.5 Å². The lowest BCUT2D eigenvalue weighted by molar-refractivity contribution is -0.136. The zero-order chi connectivity index (χ0) is 17.3. The fourth-order valence-electron chi connectivity index (χ4n) is 3.00. The maximum atomic E-state index is 13.0. The van der Waals surface area contributed by atoms with Crippen molar-refractivity contribution in [3.05, 3.63) is 29.7 Å². The number of likely N-dealkylation sites (tertiary alicyclic amines) is 1. The molecule has 1 aliphatic heterocycles. The summed E-state index contributed by atoms with van der Waals surface area (Å²) >= 11 is 0. The number of aromatic nitrogens is 3. The Morgan fingerprint density at radius 3 is 2.92 bits per heavy atom. The van der Waals surface area contributed by atoms with Gasteiger partial charge in [0.05, 0.1) is 12.5 Å². The highest BCUT2D eigenvalue weighted by Gasteiger charge is 2.34. The summed E-state index contributed by atoms with van der Waals surface area (Å²) in [6.07, 6.45) is -1.27. The van der Waals surface area contributed by atoms with Crippen molar-refractivity contribution >= 4 is 11.6 Å². The number of alkyl halides is 3. The lowest BCUT2D eigenvalue weighted by atomic mass is 9.98. The molecule has 0 unspecified atom stereocenters. The van der Waals surface area contributed by atoms with Gasteiger partial charge < -0.3 is 10.2 Å². The molecule has 130 valence electrons. The molecular formula is C15H18F3N5O. The normalized spacial score (nSPS) is 19.6. The van der Waals surface area contributed by atoms with Crippen LogP contribution < -0.4 is 5.32 Å². The van der Waals surface area contributed by atoms with Gasteiger partial charge in [0.1, 0.15) is 5.56 Å². The van der Waals surface area contributed by atoms with E-state index in [1.54, 1.807) is 0 Å². The van der Waals surface area contributed by atoms with Gasteiger partial charge in [-0.3, -0.25) is 9.20 Å². The SMILES string of the molecule is CN1CCC[C@@H](C(=O)NCc2nnc3c(C(F)(F)F)cccn23)C1. The number of nitrogens with zero attached hydrogens (tertiary/aromatic N) is 4.